The summed E-state index contributed by atoms with van der Waals surface area (Å²) in [4.78, 5) is 0. The molecule has 0 heterocycles. The minimum Gasteiger partial charge on any atom is 2.00 e. The predicted octanol–water partition coefficient (Wildman–Crippen LogP) is -13.2. The van der Waals surface area contributed by atoms with E-state index in [-0.39, 0.29) is 69.1 Å². The molecule has 42 valence electrons. The number of hydrogen-bond acceptors (Lipinski definition) is 1. The molecule has 0 aliphatic heterocycles. The third kappa shape index (κ3) is 56.6. The van der Waals surface area contributed by atoms with Crippen molar-refractivity contribution in [2.75, 3.05) is 0 Å². The molecule has 0 aliphatic carbocycles. The third-order valence-corrected chi connectivity index (χ3v) is 0. The Morgan fingerprint density at radius 1 is 0.714 bits per heavy atom. The van der Waals surface area contributed by atoms with Crippen LogP contribution in [0.25, 0.3) is 0 Å². The van der Waals surface area contributed by atoms with E-state index in [0.29, 0.717) is 22.9 Å². The van der Waals surface area contributed by atoms with Gasteiger partial charge in [-0.05, 0) is 0 Å². The van der Waals surface area contributed by atoms with Crippen LogP contribution in [-0.2, 0) is 19.5 Å². The third-order valence-electron chi connectivity index (χ3n) is 0. The molecular formula is H2Cl4OSnZn. The van der Waals surface area contributed by atoms with Crippen molar-refractivity contribution < 1.29 is 72.5 Å². The van der Waals surface area contributed by atoms with E-state index in [9.17, 15) is 0 Å². The Labute approximate surface area is 94.4 Å². The van der Waals surface area contributed by atoms with E-state index in [1.54, 1.807) is 0 Å². The molecule has 0 aromatic rings. The summed E-state index contributed by atoms with van der Waals surface area (Å²) in [5.74, 6) is 0. The zero-order valence-corrected chi connectivity index (χ0v) is 12.5. The Morgan fingerprint density at radius 3 is 0.714 bits per heavy atom. The van der Waals surface area contributed by atoms with Crippen molar-refractivity contribution in [2.45, 2.75) is 0 Å². The number of rotatable bonds is 0. The summed E-state index contributed by atoms with van der Waals surface area (Å²) in [7, 11) is 0. The van der Waals surface area contributed by atoms with Gasteiger partial charge in [-0.3, -0.25) is 0 Å². The van der Waals surface area contributed by atoms with Crippen molar-refractivity contribution >= 4 is 22.9 Å². The SMILES string of the molecule is [Cl-].[Cl-].[Cl-].[Cl-].[OH][SnH+2].[Zn+2]. The second kappa shape index (κ2) is 75.2. The molecule has 0 fully saturated rings. The average molecular weight is 344 g/mol. The molecule has 0 rings (SSSR count). The first-order valence-corrected chi connectivity index (χ1v) is 1.73. The first-order valence-electron chi connectivity index (χ1n) is 0.258. The molecule has 0 saturated heterocycles. The van der Waals surface area contributed by atoms with Gasteiger partial charge in [0.25, 0.3) is 0 Å². The van der Waals surface area contributed by atoms with Gasteiger partial charge < -0.3 is 49.6 Å². The Bertz CT molecular complexity index is 11.7. The Kier molecular flexibility index (Phi) is 596. The summed E-state index contributed by atoms with van der Waals surface area (Å²) in [5, 5.41) is 0. The van der Waals surface area contributed by atoms with Gasteiger partial charge in [0.15, 0.2) is 0 Å². The molecule has 0 spiro atoms. The van der Waals surface area contributed by atoms with Crippen LogP contribution in [0.2, 0.25) is 0 Å². The first kappa shape index (κ1) is 55.5. The van der Waals surface area contributed by atoms with Gasteiger partial charge in [-0.1, -0.05) is 0 Å². The Morgan fingerprint density at radius 2 is 0.714 bits per heavy atom. The van der Waals surface area contributed by atoms with Crippen molar-refractivity contribution in [2.24, 2.45) is 0 Å². The molecule has 1 N–H and O–H groups in total. The van der Waals surface area contributed by atoms with Gasteiger partial charge in [0.1, 0.15) is 0 Å². The van der Waals surface area contributed by atoms with Crippen LogP contribution in [0, 0.1) is 0 Å². The van der Waals surface area contributed by atoms with Gasteiger partial charge in [0, 0.05) is 0 Å². The standard InChI is InChI=1S/4ClH.H2O.Sn.Zn.H/h4*1H;1H2;;;/q;;;;;+3;+2;/p-5. The smallest absolute Gasteiger partial charge is 2.00 e. The van der Waals surface area contributed by atoms with Crippen molar-refractivity contribution in [1.82, 2.24) is 0 Å². The van der Waals surface area contributed by atoms with E-state index in [1.807, 2.05) is 0 Å². The number of halogens is 4. The summed E-state index contributed by atoms with van der Waals surface area (Å²) in [6, 6.07) is 0. The van der Waals surface area contributed by atoms with Crippen LogP contribution < -0.4 is 49.6 Å². The monoisotopic (exact) mass is 342 g/mol. The maximum atomic E-state index is 7.13. The first-order chi connectivity index (χ1) is 1.00. The quantitative estimate of drug-likeness (QED) is 0.433. The molecule has 7 heteroatoms. The van der Waals surface area contributed by atoms with Crippen molar-refractivity contribution in [3.8, 4) is 0 Å². The topological polar surface area (TPSA) is 20.2 Å². The van der Waals surface area contributed by atoms with Crippen LogP contribution in [0.5, 0.6) is 0 Å². The number of hydrogen-bond donors (Lipinski definition) is 1. The normalized spacial score (nSPS) is 0.571. The fraction of sp³-hybridized carbons (Fsp3) is 0. The van der Waals surface area contributed by atoms with Gasteiger partial charge in [0.05, 0.1) is 0 Å². The van der Waals surface area contributed by atoms with E-state index in [2.05, 4.69) is 0 Å². The van der Waals surface area contributed by atoms with Gasteiger partial charge in [-0.2, -0.15) is 0 Å². The minimum absolute atomic E-state index is 0. The van der Waals surface area contributed by atoms with Crippen LogP contribution in [-0.4, -0.2) is 26.4 Å². The van der Waals surface area contributed by atoms with Gasteiger partial charge in [-0.25, -0.2) is 0 Å². The predicted molar refractivity (Wildman–Crippen MR) is 9.37 cm³/mol. The van der Waals surface area contributed by atoms with Gasteiger partial charge in [0.2, 0.25) is 0 Å². The molecule has 0 radical (unpaired) electrons. The Hall–Kier alpha value is 2.54. The zero-order chi connectivity index (χ0) is 2.00. The molecule has 0 amide bonds. The molecular weight excluding hydrogens is 342 g/mol. The van der Waals surface area contributed by atoms with Gasteiger partial charge in [-0.15, -0.1) is 0 Å². The van der Waals surface area contributed by atoms with Gasteiger partial charge >= 0.3 is 45.9 Å². The average Bonchev–Trinajstić information content (AvgIpc) is 1.00. The van der Waals surface area contributed by atoms with E-state index in [1.165, 1.54) is 0 Å². The summed E-state index contributed by atoms with van der Waals surface area (Å²) < 4.78 is 7.13. The van der Waals surface area contributed by atoms with E-state index in [4.69, 9.17) is 3.44 Å². The second-order valence-corrected chi connectivity index (χ2v) is 0. The second-order valence-electron chi connectivity index (χ2n) is 0. The molecule has 0 aromatic carbocycles. The minimum atomic E-state index is 0. The Balaban J connectivity index is -0.000000000500. The molecule has 0 unspecified atom stereocenters. The molecule has 0 atom stereocenters. The summed E-state index contributed by atoms with van der Waals surface area (Å²) in [6.07, 6.45) is 0. The van der Waals surface area contributed by atoms with Crippen LogP contribution in [0.4, 0.5) is 0 Å². The van der Waals surface area contributed by atoms with Crippen LogP contribution in [0.3, 0.4) is 0 Å². The van der Waals surface area contributed by atoms with Crippen molar-refractivity contribution in [1.29, 1.82) is 0 Å². The zero-order valence-electron chi connectivity index (χ0n) is 3.24. The summed E-state index contributed by atoms with van der Waals surface area (Å²) >= 11 is 0.350. The fourth-order valence-corrected chi connectivity index (χ4v) is 0. The van der Waals surface area contributed by atoms with E-state index in [0.717, 1.165) is 0 Å². The maximum absolute atomic E-state index is 7.13. The van der Waals surface area contributed by atoms with E-state index < -0.39 is 0 Å². The van der Waals surface area contributed by atoms with E-state index >= 15 is 0 Å². The van der Waals surface area contributed by atoms with Crippen LogP contribution in [0.1, 0.15) is 0 Å². The molecule has 0 aromatic heterocycles. The maximum Gasteiger partial charge on any atom is 2.00 e. The summed E-state index contributed by atoms with van der Waals surface area (Å²) in [5.41, 5.74) is 0. The summed E-state index contributed by atoms with van der Waals surface area (Å²) in [6.45, 7) is 0. The van der Waals surface area contributed by atoms with Crippen LogP contribution >= 0.6 is 0 Å². The largest absolute Gasteiger partial charge is 2.00 e. The van der Waals surface area contributed by atoms with Crippen molar-refractivity contribution in [3.63, 3.8) is 0 Å². The van der Waals surface area contributed by atoms with Crippen molar-refractivity contribution in [3.05, 3.63) is 0 Å². The molecule has 0 bridgehead atoms. The molecule has 0 aliphatic rings. The molecule has 1 nitrogen and oxygen atoms in total. The molecule has 0 saturated carbocycles. The van der Waals surface area contributed by atoms with Crippen LogP contribution in [0.15, 0.2) is 0 Å². The fourth-order valence-electron chi connectivity index (χ4n) is 0. The molecule has 7 heavy (non-hydrogen) atoms.